The molecule has 5 aliphatic carbocycles. The number of ether oxygens (including phenoxy) is 3. The van der Waals surface area contributed by atoms with Crippen molar-refractivity contribution in [1.82, 2.24) is 20.9 Å². The maximum absolute atomic E-state index is 13.7. The number of nitrogens with zero attached hydrogens (tertiary/aromatic N) is 2. The van der Waals surface area contributed by atoms with E-state index in [4.69, 9.17) is 25.7 Å². The lowest BCUT2D eigenvalue weighted by Gasteiger charge is -2.75. The molecule has 2 aliphatic heterocycles. The first kappa shape index (κ1) is 41.0. The SMILES string of the molecule is CO[C@]12CC[C@@]3(C[C@@H]1C(C)(C)O)[C@H]1Cc4ccc(OC(=O)N(C)CCNC(=O)[C@H](CCC[NH+]=C(N)N)NC(=O)CNC(C)=O)c5c4[C@@]3(CC[N+]1(C)CC1CC1)[C@H]2O5. The number of methoxy groups -OCH3 is 1. The number of hydrogen-bond donors (Lipinski definition) is 7. The van der Waals surface area contributed by atoms with Crippen molar-refractivity contribution in [3.05, 3.63) is 23.3 Å². The Balaban J connectivity index is 1.08. The van der Waals surface area contributed by atoms with Crippen LogP contribution in [0.1, 0.15) is 83.3 Å². The second-order valence-corrected chi connectivity index (χ2v) is 18.6. The Morgan fingerprint density at radius 2 is 1.91 bits per heavy atom. The molecule has 8 rings (SSSR count). The molecule has 1 aromatic rings. The van der Waals surface area contributed by atoms with E-state index in [1.807, 2.05) is 19.9 Å². The quantitative estimate of drug-likeness (QED) is 0.0475. The van der Waals surface area contributed by atoms with E-state index in [1.165, 1.54) is 42.3 Å². The highest BCUT2D eigenvalue weighted by Crippen LogP contribution is 2.78. The number of carbonyl (C=O) groups is 4. The largest absolute Gasteiger partial charge is 0.482 e. The topological polar surface area (TPSA) is 222 Å². The number of quaternary nitrogens is 1. The first-order valence-corrected chi connectivity index (χ1v) is 20.7. The van der Waals surface area contributed by atoms with E-state index < -0.39 is 35.2 Å². The van der Waals surface area contributed by atoms with Crippen molar-refractivity contribution in [2.75, 3.05) is 60.5 Å². The average Bonchev–Trinajstić information content (AvgIpc) is 3.89. The van der Waals surface area contributed by atoms with Gasteiger partial charge in [-0.3, -0.25) is 30.8 Å². The summed E-state index contributed by atoms with van der Waals surface area (Å²) in [6.07, 6.45) is 6.97. The first-order chi connectivity index (χ1) is 26.9. The maximum atomic E-state index is 13.7. The van der Waals surface area contributed by atoms with E-state index in [-0.39, 0.29) is 60.8 Å². The van der Waals surface area contributed by atoms with Crippen molar-refractivity contribution in [2.24, 2.45) is 28.7 Å². The number of hydrogen-bond acceptors (Lipinski definition) is 8. The van der Waals surface area contributed by atoms with Crippen molar-refractivity contribution in [1.29, 1.82) is 0 Å². The molecular formula is C41H64N8O8+2. The first-order valence-electron chi connectivity index (χ1n) is 20.7. The Kier molecular flexibility index (Phi) is 10.7. The van der Waals surface area contributed by atoms with Crippen LogP contribution in [0.2, 0.25) is 0 Å². The Morgan fingerprint density at radius 1 is 1.16 bits per heavy atom. The van der Waals surface area contributed by atoms with Gasteiger partial charge >= 0.3 is 12.1 Å². The van der Waals surface area contributed by atoms with E-state index in [2.05, 4.69) is 34.1 Å². The predicted molar refractivity (Wildman–Crippen MR) is 210 cm³/mol. The molecule has 1 unspecified atom stereocenters. The number of likely N-dealkylation sites (N-methyl/N-ethyl adjacent to an activating group) is 2. The van der Waals surface area contributed by atoms with Crippen LogP contribution < -0.4 is 41.9 Å². The molecule has 2 spiro atoms. The Labute approximate surface area is 335 Å². The minimum Gasteiger partial charge on any atom is -0.482 e. The molecule has 0 aromatic heterocycles. The number of aliphatic hydroxyl groups is 1. The minimum atomic E-state index is -0.988. The number of likely N-dealkylation sites (tertiary alicyclic amines) is 1. The van der Waals surface area contributed by atoms with Gasteiger partial charge < -0.3 is 44.7 Å². The zero-order chi connectivity index (χ0) is 41.1. The van der Waals surface area contributed by atoms with Gasteiger partial charge in [0, 0.05) is 69.8 Å². The molecule has 16 heteroatoms. The van der Waals surface area contributed by atoms with Crippen LogP contribution in [0.25, 0.3) is 0 Å². The fourth-order valence-electron chi connectivity index (χ4n) is 12.0. The van der Waals surface area contributed by atoms with Gasteiger partial charge in [-0.25, -0.2) is 4.79 Å². The number of nitrogens with one attached hydrogen (secondary N) is 4. The highest BCUT2D eigenvalue weighted by Gasteiger charge is 2.84. The van der Waals surface area contributed by atoms with Gasteiger partial charge in [0.05, 0.1) is 50.3 Å². The fourth-order valence-corrected chi connectivity index (χ4v) is 12.0. The van der Waals surface area contributed by atoms with E-state index in [1.54, 1.807) is 14.2 Å². The Bertz CT molecular complexity index is 1810. The van der Waals surface area contributed by atoms with Gasteiger partial charge in [0.1, 0.15) is 17.7 Å². The highest BCUT2D eigenvalue weighted by atomic mass is 16.6. The third kappa shape index (κ3) is 6.98. The molecule has 5 fully saturated rings. The van der Waals surface area contributed by atoms with Crippen LogP contribution in [0.4, 0.5) is 4.79 Å². The molecule has 4 bridgehead atoms. The zero-order valence-corrected chi connectivity index (χ0v) is 34.5. The molecule has 1 aromatic carbocycles. The van der Waals surface area contributed by atoms with Crippen LogP contribution in [0.5, 0.6) is 11.5 Å². The van der Waals surface area contributed by atoms with Crippen molar-refractivity contribution >= 4 is 29.8 Å². The zero-order valence-electron chi connectivity index (χ0n) is 34.5. The summed E-state index contributed by atoms with van der Waals surface area (Å²) in [5.74, 6) is 0.373. The van der Waals surface area contributed by atoms with Crippen LogP contribution in [0.15, 0.2) is 12.1 Å². The second-order valence-electron chi connectivity index (χ2n) is 18.6. The predicted octanol–water partition coefficient (Wildman–Crippen LogP) is -0.871. The summed E-state index contributed by atoms with van der Waals surface area (Å²) in [5, 5.41) is 19.7. The molecular weight excluding hydrogens is 732 g/mol. The summed E-state index contributed by atoms with van der Waals surface area (Å²) in [6.45, 7) is 7.73. The molecule has 0 radical (unpaired) electrons. The van der Waals surface area contributed by atoms with Crippen molar-refractivity contribution in [3.63, 3.8) is 0 Å². The summed E-state index contributed by atoms with van der Waals surface area (Å²) in [6, 6.07) is 3.49. The molecule has 7 aliphatic rings. The molecule has 16 nitrogen and oxygen atoms in total. The normalized spacial score (nSPS) is 31.9. The van der Waals surface area contributed by atoms with E-state index in [0.717, 1.165) is 49.0 Å². The standard InChI is InChI=1S/C41H62N8O8/c1-24(50)46-22-31(51)47-27(8-7-16-45-36(42)43)34(52)44-17-18-48(4)37(53)56-28-12-11-26-20-30-39-13-14-41(55-6,29(21-39)38(2,3)54)35-40(39,32(26)33(28)57-35)15-19-49(30,5)23-25-9-10-25/h11-12,25,27,29-30,35,54H,7-10,13-23H2,1-6H3,(H6-,42,43,44,45,46,47,50,51,52)/p+2/t27-,29+,30+,35+,39+,40-,41+,49?/m0/s1. The monoisotopic (exact) mass is 796 g/mol. The molecule has 1 saturated heterocycles. The summed E-state index contributed by atoms with van der Waals surface area (Å²) in [4.78, 5) is 54.8. The highest BCUT2D eigenvalue weighted by molar-refractivity contribution is 5.89. The number of guanidine groups is 1. The van der Waals surface area contributed by atoms with Gasteiger partial charge in [-0.05, 0) is 70.4 Å². The smallest absolute Gasteiger partial charge is 0.415 e. The summed E-state index contributed by atoms with van der Waals surface area (Å²) >= 11 is 0. The van der Waals surface area contributed by atoms with Gasteiger partial charge in [0.2, 0.25) is 17.7 Å². The summed E-state index contributed by atoms with van der Waals surface area (Å²) < 4.78 is 21.0. The number of carbonyl (C=O) groups excluding carboxylic acids is 4. The number of nitrogens with two attached hydrogens (primary N) is 2. The average molecular weight is 797 g/mol. The number of fused-ring (bicyclic) bond motifs is 2. The molecule has 314 valence electrons. The summed E-state index contributed by atoms with van der Waals surface area (Å²) in [5.41, 5.74) is 11.3. The third-order valence-corrected chi connectivity index (χ3v) is 14.6. The molecule has 4 saturated carbocycles. The van der Waals surface area contributed by atoms with Crippen LogP contribution in [0.3, 0.4) is 0 Å². The number of rotatable bonds is 16. The lowest BCUT2D eigenvalue weighted by molar-refractivity contribution is -0.952. The minimum absolute atomic E-state index is 0.0530. The maximum Gasteiger partial charge on any atom is 0.415 e. The van der Waals surface area contributed by atoms with Crippen molar-refractivity contribution < 1.29 is 48.0 Å². The molecule has 2 heterocycles. The van der Waals surface area contributed by atoms with Gasteiger partial charge in [-0.2, -0.15) is 0 Å². The van der Waals surface area contributed by atoms with E-state index in [9.17, 15) is 24.3 Å². The van der Waals surface area contributed by atoms with Crippen LogP contribution in [0, 0.1) is 17.3 Å². The van der Waals surface area contributed by atoms with Crippen LogP contribution >= 0.6 is 0 Å². The lowest BCUT2D eigenvalue weighted by atomic mass is 9.33. The second kappa shape index (κ2) is 14.9. The van der Waals surface area contributed by atoms with Gasteiger partial charge in [-0.1, -0.05) is 6.07 Å². The molecule has 9 N–H and O–H groups in total. The Morgan fingerprint density at radius 3 is 2.58 bits per heavy atom. The number of benzene rings is 1. The number of amides is 4. The summed E-state index contributed by atoms with van der Waals surface area (Å²) in [7, 11) is 5.84. The van der Waals surface area contributed by atoms with Crippen molar-refractivity contribution in [3.8, 4) is 11.5 Å². The third-order valence-electron chi connectivity index (χ3n) is 14.6. The lowest BCUT2D eigenvalue weighted by Crippen LogP contribution is -2.84. The van der Waals surface area contributed by atoms with E-state index in [0.29, 0.717) is 30.5 Å². The number of piperidine rings is 1. The van der Waals surface area contributed by atoms with Gasteiger partial charge in [0.25, 0.3) is 0 Å². The van der Waals surface area contributed by atoms with Gasteiger partial charge in [-0.15, -0.1) is 0 Å². The molecule has 8 atom stereocenters. The molecule has 4 amide bonds. The van der Waals surface area contributed by atoms with Crippen LogP contribution in [-0.2, 0) is 31.0 Å². The fraction of sp³-hybridized carbons (Fsp3) is 0.732. The van der Waals surface area contributed by atoms with Crippen molar-refractivity contribution in [2.45, 2.75) is 113 Å². The van der Waals surface area contributed by atoms with Crippen LogP contribution in [-0.4, -0.2) is 134 Å². The van der Waals surface area contributed by atoms with E-state index >= 15 is 0 Å². The molecule has 57 heavy (non-hydrogen) atoms. The Hall–Kier alpha value is -4.15. The van der Waals surface area contributed by atoms with Gasteiger partial charge in [0.15, 0.2) is 11.5 Å².